The van der Waals surface area contributed by atoms with Crippen LogP contribution in [0.5, 0.6) is 0 Å². The number of aldehydes is 1. The number of hydrogen-bond acceptors (Lipinski definition) is 1. The van der Waals surface area contributed by atoms with E-state index in [9.17, 15) is 4.79 Å². The highest BCUT2D eigenvalue weighted by Crippen LogP contribution is 2.49. The fourth-order valence-corrected chi connectivity index (χ4v) is 2.47. The molecule has 0 amide bonds. The minimum atomic E-state index is 0.509. The van der Waals surface area contributed by atoms with Gasteiger partial charge < -0.3 is 0 Å². The summed E-state index contributed by atoms with van der Waals surface area (Å²) in [5, 5.41) is 0.853. The first kappa shape index (κ1) is 6.41. The molecule has 0 aromatic carbocycles. The lowest BCUT2D eigenvalue weighted by molar-refractivity contribution is -0.105. The van der Waals surface area contributed by atoms with Gasteiger partial charge >= 0.3 is 0 Å². The maximum absolute atomic E-state index is 10.5. The third kappa shape index (κ3) is 0.671. The molecular formula is C8H9ClO. The molecule has 2 bridgehead atoms. The average Bonchev–Trinajstić information content (AvgIpc) is 2.46. The molecule has 1 fully saturated rings. The third-order valence-corrected chi connectivity index (χ3v) is 3.16. The third-order valence-electron chi connectivity index (χ3n) is 2.63. The SMILES string of the molecule is O=CC1=C(Cl)[C@H]2CC[C@H]1C2. The fourth-order valence-electron chi connectivity index (χ4n) is 2.08. The van der Waals surface area contributed by atoms with Gasteiger partial charge in [-0.1, -0.05) is 11.6 Å². The van der Waals surface area contributed by atoms with Crippen molar-refractivity contribution in [2.75, 3.05) is 0 Å². The van der Waals surface area contributed by atoms with Crippen LogP contribution in [0.15, 0.2) is 10.6 Å². The van der Waals surface area contributed by atoms with Gasteiger partial charge in [0.05, 0.1) is 0 Å². The molecule has 0 radical (unpaired) electrons. The molecule has 10 heavy (non-hydrogen) atoms. The molecule has 0 heterocycles. The Morgan fingerprint density at radius 1 is 1.40 bits per heavy atom. The zero-order valence-corrected chi connectivity index (χ0v) is 6.40. The summed E-state index contributed by atoms with van der Waals surface area (Å²) in [6, 6.07) is 0. The van der Waals surface area contributed by atoms with Gasteiger partial charge in [-0.25, -0.2) is 0 Å². The summed E-state index contributed by atoms with van der Waals surface area (Å²) in [7, 11) is 0. The molecule has 2 heteroatoms. The Balaban J connectivity index is 2.37. The van der Waals surface area contributed by atoms with E-state index in [1.807, 2.05) is 0 Å². The topological polar surface area (TPSA) is 17.1 Å². The Morgan fingerprint density at radius 2 is 2.10 bits per heavy atom. The maximum Gasteiger partial charge on any atom is 0.147 e. The monoisotopic (exact) mass is 156 g/mol. The molecule has 2 aliphatic rings. The van der Waals surface area contributed by atoms with E-state index in [4.69, 9.17) is 11.6 Å². The molecule has 0 unspecified atom stereocenters. The Morgan fingerprint density at radius 3 is 2.50 bits per heavy atom. The lowest BCUT2D eigenvalue weighted by Gasteiger charge is -2.09. The van der Waals surface area contributed by atoms with Crippen molar-refractivity contribution in [2.24, 2.45) is 11.8 Å². The van der Waals surface area contributed by atoms with Crippen molar-refractivity contribution in [3.05, 3.63) is 10.6 Å². The van der Waals surface area contributed by atoms with Gasteiger partial charge in [-0.2, -0.15) is 0 Å². The van der Waals surface area contributed by atoms with Crippen LogP contribution in [0.2, 0.25) is 0 Å². The van der Waals surface area contributed by atoms with Gasteiger partial charge in [0.1, 0.15) is 6.29 Å². The number of halogens is 1. The Kier molecular flexibility index (Phi) is 1.34. The largest absolute Gasteiger partial charge is 0.298 e. The number of carbonyl (C=O) groups is 1. The van der Waals surface area contributed by atoms with E-state index in [1.54, 1.807) is 0 Å². The van der Waals surface area contributed by atoms with Gasteiger partial charge in [-0.3, -0.25) is 4.79 Å². The first-order valence-corrected chi connectivity index (χ1v) is 4.05. The van der Waals surface area contributed by atoms with Crippen molar-refractivity contribution in [3.63, 3.8) is 0 Å². The van der Waals surface area contributed by atoms with Crippen LogP contribution in [-0.2, 0) is 4.79 Å². The van der Waals surface area contributed by atoms with E-state index in [0.29, 0.717) is 11.8 Å². The van der Waals surface area contributed by atoms with Crippen LogP contribution in [0.4, 0.5) is 0 Å². The number of rotatable bonds is 1. The van der Waals surface area contributed by atoms with E-state index in [1.165, 1.54) is 12.8 Å². The van der Waals surface area contributed by atoms with Crippen LogP contribution in [-0.4, -0.2) is 6.29 Å². The van der Waals surface area contributed by atoms with Gasteiger partial charge in [-0.05, 0) is 31.1 Å². The van der Waals surface area contributed by atoms with Crippen molar-refractivity contribution in [1.82, 2.24) is 0 Å². The van der Waals surface area contributed by atoms with Crippen LogP contribution in [0.3, 0.4) is 0 Å². The van der Waals surface area contributed by atoms with E-state index in [0.717, 1.165) is 23.3 Å². The van der Waals surface area contributed by atoms with Gasteiger partial charge in [0.2, 0.25) is 0 Å². The molecule has 0 aromatic heterocycles. The summed E-state index contributed by atoms with van der Waals surface area (Å²) in [6.07, 6.45) is 4.44. The van der Waals surface area contributed by atoms with Crippen LogP contribution in [0, 0.1) is 11.8 Å². The van der Waals surface area contributed by atoms with Gasteiger partial charge in [0, 0.05) is 10.6 Å². The molecule has 2 aliphatic carbocycles. The minimum Gasteiger partial charge on any atom is -0.298 e. The van der Waals surface area contributed by atoms with E-state index < -0.39 is 0 Å². The maximum atomic E-state index is 10.5. The van der Waals surface area contributed by atoms with E-state index in [2.05, 4.69) is 0 Å². The van der Waals surface area contributed by atoms with Crippen molar-refractivity contribution in [3.8, 4) is 0 Å². The summed E-state index contributed by atoms with van der Waals surface area (Å²) in [5.74, 6) is 1.04. The van der Waals surface area contributed by atoms with E-state index in [-0.39, 0.29) is 0 Å². The second kappa shape index (κ2) is 2.09. The molecule has 2 atom stereocenters. The predicted octanol–water partition coefficient (Wildman–Crippen LogP) is 2.11. The number of carbonyl (C=O) groups excluding carboxylic acids is 1. The minimum absolute atomic E-state index is 0.509. The highest BCUT2D eigenvalue weighted by atomic mass is 35.5. The van der Waals surface area contributed by atoms with Gasteiger partial charge in [-0.15, -0.1) is 0 Å². The highest BCUT2D eigenvalue weighted by molar-refractivity contribution is 6.31. The van der Waals surface area contributed by atoms with Crippen LogP contribution in [0.1, 0.15) is 19.3 Å². The summed E-state index contributed by atoms with van der Waals surface area (Å²) < 4.78 is 0. The average molecular weight is 157 g/mol. The summed E-state index contributed by atoms with van der Waals surface area (Å²) in [5.41, 5.74) is 0.887. The van der Waals surface area contributed by atoms with Crippen LogP contribution in [0.25, 0.3) is 0 Å². The predicted molar refractivity (Wildman–Crippen MR) is 39.8 cm³/mol. The van der Waals surface area contributed by atoms with Gasteiger partial charge in [0.25, 0.3) is 0 Å². The van der Waals surface area contributed by atoms with Crippen molar-refractivity contribution in [1.29, 1.82) is 0 Å². The van der Waals surface area contributed by atoms with Crippen LogP contribution < -0.4 is 0 Å². The Bertz CT molecular complexity index is 207. The molecule has 0 N–H and O–H groups in total. The molecule has 0 saturated heterocycles. The summed E-state index contributed by atoms with van der Waals surface area (Å²) >= 11 is 5.92. The van der Waals surface area contributed by atoms with E-state index >= 15 is 0 Å². The Labute approximate surface area is 65.1 Å². The quantitative estimate of drug-likeness (QED) is 0.532. The molecule has 0 aromatic rings. The summed E-state index contributed by atoms with van der Waals surface area (Å²) in [6.45, 7) is 0. The summed E-state index contributed by atoms with van der Waals surface area (Å²) in [4.78, 5) is 10.5. The number of hydrogen-bond donors (Lipinski definition) is 0. The smallest absolute Gasteiger partial charge is 0.147 e. The van der Waals surface area contributed by atoms with Crippen molar-refractivity contribution >= 4 is 17.9 Å². The molecular weight excluding hydrogens is 148 g/mol. The second-order valence-electron chi connectivity index (χ2n) is 3.13. The first-order valence-electron chi connectivity index (χ1n) is 3.67. The fraction of sp³-hybridized carbons (Fsp3) is 0.625. The normalized spacial score (nSPS) is 37.3. The second-order valence-corrected chi connectivity index (χ2v) is 3.54. The first-order chi connectivity index (χ1) is 4.83. The molecule has 1 saturated carbocycles. The van der Waals surface area contributed by atoms with Crippen LogP contribution >= 0.6 is 11.6 Å². The molecule has 0 aliphatic heterocycles. The van der Waals surface area contributed by atoms with Crippen molar-refractivity contribution in [2.45, 2.75) is 19.3 Å². The van der Waals surface area contributed by atoms with Crippen molar-refractivity contribution < 1.29 is 4.79 Å². The molecule has 54 valence electrons. The lowest BCUT2D eigenvalue weighted by Crippen LogP contribution is -2.00. The standard InChI is InChI=1S/C8H9ClO/c9-8-6-2-1-5(3-6)7(8)4-10/h4-6H,1-3H2/t5-,6-/m0/s1. The number of fused-ring (bicyclic) bond motifs is 2. The zero-order chi connectivity index (χ0) is 7.14. The highest BCUT2D eigenvalue weighted by Gasteiger charge is 2.37. The zero-order valence-electron chi connectivity index (χ0n) is 5.64. The molecule has 0 spiro atoms. The lowest BCUT2D eigenvalue weighted by atomic mass is 10.00. The Hall–Kier alpha value is -0.300. The number of allylic oxidation sites excluding steroid dienone is 2. The molecule has 1 nitrogen and oxygen atoms in total. The van der Waals surface area contributed by atoms with Gasteiger partial charge in [0.15, 0.2) is 0 Å². The molecule has 2 rings (SSSR count).